The lowest BCUT2D eigenvalue weighted by Gasteiger charge is -2.30. The van der Waals surface area contributed by atoms with Gasteiger partial charge < -0.3 is 14.4 Å². The van der Waals surface area contributed by atoms with Gasteiger partial charge in [0.1, 0.15) is 5.75 Å². The molecule has 1 aromatic rings. The maximum Gasteiger partial charge on any atom is 0.253 e. The van der Waals surface area contributed by atoms with Gasteiger partial charge in [0.15, 0.2) is 0 Å². The second kappa shape index (κ2) is 9.13. The number of carbonyl (C=O) groups is 1. The van der Waals surface area contributed by atoms with E-state index in [4.69, 9.17) is 14.7 Å². The lowest BCUT2D eigenvalue weighted by atomic mass is 10.2. The molecule has 1 aromatic carbocycles. The summed E-state index contributed by atoms with van der Waals surface area (Å²) in [6.07, 6.45) is 0.338. The number of hydrogen-bond acceptors (Lipinski definition) is 5. The first-order chi connectivity index (χ1) is 11.2. The van der Waals surface area contributed by atoms with Gasteiger partial charge in [-0.05, 0) is 24.3 Å². The molecule has 1 heterocycles. The summed E-state index contributed by atoms with van der Waals surface area (Å²) in [5.74, 6) is 0.676. The monoisotopic (exact) mass is 317 g/mol. The summed E-state index contributed by atoms with van der Waals surface area (Å²) in [5.41, 5.74) is 0.616. The molecule has 6 nitrogen and oxygen atoms in total. The van der Waals surface area contributed by atoms with Gasteiger partial charge >= 0.3 is 0 Å². The van der Waals surface area contributed by atoms with E-state index >= 15 is 0 Å². The number of carbonyl (C=O) groups excluding carboxylic acids is 1. The minimum Gasteiger partial charge on any atom is -0.497 e. The number of benzene rings is 1. The van der Waals surface area contributed by atoms with Crippen molar-refractivity contribution in [3.05, 3.63) is 29.8 Å². The maximum absolute atomic E-state index is 12.7. The molecule has 0 aromatic heterocycles. The van der Waals surface area contributed by atoms with E-state index < -0.39 is 0 Å². The fourth-order valence-electron chi connectivity index (χ4n) is 2.50. The Morgan fingerprint density at radius 1 is 1.30 bits per heavy atom. The number of nitriles is 1. The first kappa shape index (κ1) is 17.3. The summed E-state index contributed by atoms with van der Waals surface area (Å²) >= 11 is 0. The quantitative estimate of drug-likeness (QED) is 0.760. The van der Waals surface area contributed by atoms with E-state index in [2.05, 4.69) is 11.0 Å². The highest BCUT2D eigenvalue weighted by molar-refractivity contribution is 5.94. The van der Waals surface area contributed by atoms with Crippen molar-refractivity contribution in [2.24, 2.45) is 0 Å². The molecule has 1 amide bonds. The summed E-state index contributed by atoms with van der Waals surface area (Å²) in [7, 11) is 1.60. The zero-order chi connectivity index (χ0) is 16.5. The normalized spacial score (nSPS) is 15.0. The Labute approximate surface area is 137 Å². The van der Waals surface area contributed by atoms with Crippen molar-refractivity contribution < 1.29 is 14.3 Å². The first-order valence-corrected chi connectivity index (χ1v) is 7.85. The van der Waals surface area contributed by atoms with Crippen LogP contribution in [-0.2, 0) is 4.74 Å². The van der Waals surface area contributed by atoms with Gasteiger partial charge in [-0.3, -0.25) is 9.69 Å². The standard InChI is InChI=1S/C17H23N3O3/c1-22-16-5-3-15(4-6-16)17(21)20(8-2-7-18)10-9-19-11-13-23-14-12-19/h3-6H,2,8-14H2,1H3. The zero-order valence-electron chi connectivity index (χ0n) is 13.5. The van der Waals surface area contributed by atoms with Crippen molar-refractivity contribution in [2.45, 2.75) is 6.42 Å². The van der Waals surface area contributed by atoms with E-state index in [1.807, 2.05) is 0 Å². The molecule has 1 fully saturated rings. The van der Waals surface area contributed by atoms with Crippen LogP contribution in [0.1, 0.15) is 16.8 Å². The zero-order valence-corrected chi connectivity index (χ0v) is 13.5. The highest BCUT2D eigenvalue weighted by Gasteiger charge is 2.18. The Balaban J connectivity index is 1.97. The molecule has 0 bridgehead atoms. The van der Waals surface area contributed by atoms with E-state index in [0.29, 0.717) is 25.1 Å². The fraction of sp³-hybridized carbons (Fsp3) is 0.529. The Kier molecular flexibility index (Phi) is 6.85. The minimum absolute atomic E-state index is 0.0452. The van der Waals surface area contributed by atoms with Crippen LogP contribution in [-0.4, -0.2) is 68.8 Å². The molecule has 1 saturated heterocycles. The van der Waals surface area contributed by atoms with E-state index in [0.717, 1.165) is 38.6 Å². The van der Waals surface area contributed by atoms with Crippen LogP contribution >= 0.6 is 0 Å². The minimum atomic E-state index is -0.0452. The van der Waals surface area contributed by atoms with Crippen LogP contribution in [0.3, 0.4) is 0 Å². The third-order valence-corrected chi connectivity index (χ3v) is 3.91. The van der Waals surface area contributed by atoms with Gasteiger partial charge in [-0.1, -0.05) is 0 Å². The topological polar surface area (TPSA) is 65.8 Å². The number of hydrogen-bond donors (Lipinski definition) is 0. The number of morpholine rings is 1. The van der Waals surface area contributed by atoms with Crippen LogP contribution in [0.25, 0.3) is 0 Å². The molecule has 23 heavy (non-hydrogen) atoms. The molecule has 0 saturated carbocycles. The predicted molar refractivity (Wildman–Crippen MR) is 86.4 cm³/mol. The molecular weight excluding hydrogens is 294 g/mol. The van der Waals surface area contributed by atoms with E-state index in [-0.39, 0.29) is 5.91 Å². The molecule has 0 radical (unpaired) electrons. The third-order valence-electron chi connectivity index (χ3n) is 3.91. The fourth-order valence-corrected chi connectivity index (χ4v) is 2.50. The molecule has 124 valence electrons. The van der Waals surface area contributed by atoms with Crippen LogP contribution in [0.15, 0.2) is 24.3 Å². The highest BCUT2D eigenvalue weighted by Crippen LogP contribution is 2.13. The summed E-state index contributed by atoms with van der Waals surface area (Å²) in [6.45, 7) is 5.13. The van der Waals surface area contributed by atoms with E-state index in [1.54, 1.807) is 36.3 Å². The van der Waals surface area contributed by atoms with Gasteiger partial charge in [-0.2, -0.15) is 5.26 Å². The van der Waals surface area contributed by atoms with Gasteiger partial charge in [-0.25, -0.2) is 0 Å². The molecule has 6 heteroatoms. The van der Waals surface area contributed by atoms with Gasteiger partial charge in [0.25, 0.3) is 5.91 Å². The molecular formula is C17H23N3O3. The van der Waals surface area contributed by atoms with Gasteiger partial charge in [-0.15, -0.1) is 0 Å². The van der Waals surface area contributed by atoms with Gasteiger partial charge in [0, 0.05) is 38.3 Å². The summed E-state index contributed by atoms with van der Waals surface area (Å²) in [5, 5.41) is 8.82. The molecule has 1 aliphatic rings. The number of ether oxygens (including phenoxy) is 2. The second-order valence-corrected chi connectivity index (χ2v) is 5.38. The van der Waals surface area contributed by atoms with Crippen molar-refractivity contribution >= 4 is 5.91 Å². The van der Waals surface area contributed by atoms with Crippen molar-refractivity contribution in [3.63, 3.8) is 0 Å². The van der Waals surface area contributed by atoms with Crippen molar-refractivity contribution in [1.29, 1.82) is 5.26 Å². The number of methoxy groups -OCH3 is 1. The van der Waals surface area contributed by atoms with Gasteiger partial charge in [0.2, 0.25) is 0 Å². The Morgan fingerprint density at radius 2 is 2.00 bits per heavy atom. The molecule has 1 aliphatic heterocycles. The number of amides is 1. The molecule has 0 unspecified atom stereocenters. The largest absolute Gasteiger partial charge is 0.497 e. The first-order valence-electron chi connectivity index (χ1n) is 7.85. The molecule has 0 atom stereocenters. The van der Waals surface area contributed by atoms with Crippen LogP contribution in [0.5, 0.6) is 5.75 Å². The molecule has 0 spiro atoms. The van der Waals surface area contributed by atoms with Crippen LogP contribution in [0, 0.1) is 11.3 Å². The lowest BCUT2D eigenvalue weighted by Crippen LogP contribution is -2.43. The van der Waals surface area contributed by atoms with Crippen LogP contribution in [0.2, 0.25) is 0 Å². The predicted octanol–water partition coefficient (Wildman–Crippen LogP) is 1.38. The number of nitrogens with zero attached hydrogens (tertiary/aromatic N) is 3. The summed E-state index contributed by atoms with van der Waals surface area (Å²) < 4.78 is 10.4. The molecule has 2 rings (SSSR count). The van der Waals surface area contributed by atoms with E-state index in [9.17, 15) is 4.79 Å². The van der Waals surface area contributed by atoms with Crippen LogP contribution in [0.4, 0.5) is 0 Å². The van der Waals surface area contributed by atoms with Crippen LogP contribution < -0.4 is 4.74 Å². The SMILES string of the molecule is COc1ccc(C(=O)N(CCC#N)CCN2CCOCC2)cc1. The van der Waals surface area contributed by atoms with Crippen molar-refractivity contribution in [2.75, 3.05) is 53.0 Å². The van der Waals surface area contributed by atoms with Gasteiger partial charge in [0.05, 0.1) is 32.8 Å². The average molecular weight is 317 g/mol. The van der Waals surface area contributed by atoms with E-state index in [1.165, 1.54) is 0 Å². The smallest absolute Gasteiger partial charge is 0.253 e. The Bertz CT molecular complexity index is 533. The Hall–Kier alpha value is -2.10. The summed E-state index contributed by atoms with van der Waals surface area (Å²) in [6, 6.07) is 9.18. The highest BCUT2D eigenvalue weighted by atomic mass is 16.5. The lowest BCUT2D eigenvalue weighted by molar-refractivity contribution is 0.0326. The maximum atomic E-state index is 12.7. The third kappa shape index (κ3) is 5.23. The molecule has 0 aliphatic carbocycles. The molecule has 0 N–H and O–H groups in total. The summed E-state index contributed by atoms with van der Waals surface area (Å²) in [4.78, 5) is 16.7. The van der Waals surface area contributed by atoms with Crippen molar-refractivity contribution in [1.82, 2.24) is 9.80 Å². The number of rotatable bonds is 7. The average Bonchev–Trinajstić information content (AvgIpc) is 2.62. The van der Waals surface area contributed by atoms with Crippen molar-refractivity contribution in [3.8, 4) is 11.8 Å². The second-order valence-electron chi connectivity index (χ2n) is 5.38. The Morgan fingerprint density at radius 3 is 2.61 bits per heavy atom.